The van der Waals surface area contributed by atoms with Crippen LogP contribution in [0.25, 0.3) is 0 Å². The van der Waals surface area contributed by atoms with Crippen molar-refractivity contribution in [1.82, 2.24) is 4.98 Å². The molecule has 0 saturated carbocycles. The van der Waals surface area contributed by atoms with Gasteiger partial charge in [0.1, 0.15) is 11.4 Å². The molecule has 92 valence electrons. The number of pyridine rings is 1. The number of amides is 1. The van der Waals surface area contributed by atoms with Crippen LogP contribution in [0.1, 0.15) is 31.1 Å². The zero-order valence-corrected chi connectivity index (χ0v) is 10.8. The first kappa shape index (κ1) is 16.5. The maximum absolute atomic E-state index is 11.3. The van der Waals surface area contributed by atoms with Crippen LogP contribution in [0.15, 0.2) is 18.3 Å². The summed E-state index contributed by atoms with van der Waals surface area (Å²) in [6, 6.07) is 2.64. The van der Waals surface area contributed by atoms with Crippen molar-refractivity contribution in [2.75, 3.05) is 5.32 Å². The van der Waals surface area contributed by atoms with Crippen molar-refractivity contribution in [2.24, 2.45) is 0 Å². The van der Waals surface area contributed by atoms with Crippen LogP contribution in [0.4, 0.5) is 10.6 Å². The number of hydrogen-bond acceptors (Lipinski definition) is 5. The van der Waals surface area contributed by atoms with E-state index in [0.717, 1.165) is 6.20 Å². The minimum atomic E-state index is -1.32. The summed E-state index contributed by atoms with van der Waals surface area (Å²) in [5.41, 5.74) is -0.658. The van der Waals surface area contributed by atoms with Gasteiger partial charge >= 0.3 is 25.0 Å². The van der Waals surface area contributed by atoms with Gasteiger partial charge in [0, 0.05) is 11.8 Å². The average molecular weight is 244 g/mol. The normalized spacial score (nSPS) is 10.2. The number of rotatable bonds is 2. The maximum atomic E-state index is 11.3. The minimum absolute atomic E-state index is 0. The van der Waals surface area contributed by atoms with Gasteiger partial charge in [-0.1, -0.05) is 0 Å². The SMILES string of the molecule is CC(C)(C)OC(=O)Nc1ccc(C(=O)[O-])cn1.[Li+]. The number of aromatic nitrogens is 1. The Bertz CT molecular complexity index is 426. The van der Waals surface area contributed by atoms with Crippen LogP contribution in [-0.4, -0.2) is 22.6 Å². The van der Waals surface area contributed by atoms with Crippen molar-refractivity contribution in [2.45, 2.75) is 26.4 Å². The van der Waals surface area contributed by atoms with E-state index in [1.165, 1.54) is 12.1 Å². The van der Waals surface area contributed by atoms with Crippen LogP contribution in [0.5, 0.6) is 0 Å². The van der Waals surface area contributed by atoms with Gasteiger partial charge in [-0.15, -0.1) is 0 Å². The Balaban J connectivity index is 0.00000289. The number of nitrogens with one attached hydrogen (secondary N) is 1. The van der Waals surface area contributed by atoms with Crippen LogP contribution >= 0.6 is 0 Å². The van der Waals surface area contributed by atoms with Crippen molar-refractivity contribution in [1.29, 1.82) is 0 Å². The third kappa shape index (κ3) is 5.71. The summed E-state index contributed by atoms with van der Waals surface area (Å²) >= 11 is 0. The molecular weight excluding hydrogens is 231 g/mol. The number of carbonyl (C=O) groups is 2. The molecule has 0 unspecified atom stereocenters. The van der Waals surface area contributed by atoms with E-state index in [1.807, 2.05) is 0 Å². The van der Waals surface area contributed by atoms with Crippen molar-refractivity contribution in [3.8, 4) is 0 Å². The van der Waals surface area contributed by atoms with Gasteiger partial charge in [0.15, 0.2) is 0 Å². The Labute approximate surface area is 117 Å². The molecule has 0 aliphatic heterocycles. The Hall–Kier alpha value is -1.51. The van der Waals surface area contributed by atoms with Crippen LogP contribution in [0.2, 0.25) is 0 Å². The predicted octanol–water partition coefficient (Wildman–Crippen LogP) is -2.20. The third-order valence-corrected chi connectivity index (χ3v) is 1.63. The van der Waals surface area contributed by atoms with Gasteiger partial charge in [-0.3, -0.25) is 5.32 Å². The smallest absolute Gasteiger partial charge is 0.545 e. The number of nitrogens with zero attached hydrogens (tertiary/aromatic N) is 1. The molecular formula is C11H13LiN2O4. The van der Waals surface area contributed by atoms with E-state index in [9.17, 15) is 14.7 Å². The van der Waals surface area contributed by atoms with Crippen LogP contribution in [-0.2, 0) is 4.74 Å². The quantitative estimate of drug-likeness (QED) is 0.596. The molecule has 18 heavy (non-hydrogen) atoms. The topological polar surface area (TPSA) is 91.3 Å². The van der Waals surface area contributed by atoms with Crippen molar-refractivity contribution < 1.29 is 38.3 Å². The van der Waals surface area contributed by atoms with Gasteiger partial charge in [-0.2, -0.15) is 0 Å². The summed E-state index contributed by atoms with van der Waals surface area (Å²) in [4.78, 5) is 25.5. The number of carbonyl (C=O) groups excluding carboxylic acids is 2. The largest absolute Gasteiger partial charge is 1.00 e. The molecule has 0 radical (unpaired) electrons. The van der Waals surface area contributed by atoms with Gasteiger partial charge in [-0.05, 0) is 32.9 Å². The molecule has 1 heterocycles. The number of ether oxygens (including phenoxy) is 1. The van der Waals surface area contributed by atoms with E-state index < -0.39 is 17.7 Å². The fourth-order valence-corrected chi connectivity index (χ4v) is 0.997. The fraction of sp³-hybridized carbons (Fsp3) is 0.364. The van der Waals surface area contributed by atoms with Crippen LogP contribution in [0.3, 0.4) is 0 Å². The van der Waals surface area contributed by atoms with E-state index >= 15 is 0 Å². The zero-order chi connectivity index (χ0) is 13.1. The van der Waals surface area contributed by atoms with Gasteiger partial charge < -0.3 is 14.6 Å². The van der Waals surface area contributed by atoms with Gasteiger partial charge in [0.2, 0.25) is 0 Å². The number of anilines is 1. The second kappa shape index (κ2) is 6.43. The van der Waals surface area contributed by atoms with E-state index in [4.69, 9.17) is 4.74 Å². The average Bonchev–Trinajstić information content (AvgIpc) is 2.15. The zero-order valence-electron chi connectivity index (χ0n) is 10.8. The molecule has 0 atom stereocenters. The molecule has 0 bridgehead atoms. The molecule has 1 amide bonds. The Morgan fingerprint density at radius 3 is 2.33 bits per heavy atom. The second-order valence-corrected chi connectivity index (χ2v) is 4.35. The third-order valence-electron chi connectivity index (χ3n) is 1.63. The fourth-order valence-electron chi connectivity index (χ4n) is 0.997. The Morgan fingerprint density at radius 1 is 1.33 bits per heavy atom. The molecule has 0 saturated heterocycles. The monoisotopic (exact) mass is 244 g/mol. The van der Waals surface area contributed by atoms with Gasteiger partial charge in [-0.25, -0.2) is 9.78 Å². The van der Waals surface area contributed by atoms with Crippen LogP contribution < -0.4 is 29.3 Å². The maximum Gasteiger partial charge on any atom is 1.00 e. The first-order valence-corrected chi connectivity index (χ1v) is 4.95. The molecule has 0 spiro atoms. The number of hydrogen-bond donors (Lipinski definition) is 1. The Morgan fingerprint density at radius 2 is 1.94 bits per heavy atom. The Kier molecular flexibility index (Phi) is 5.89. The molecule has 6 nitrogen and oxygen atoms in total. The summed E-state index contributed by atoms with van der Waals surface area (Å²) < 4.78 is 5.00. The summed E-state index contributed by atoms with van der Waals surface area (Å²) in [6.07, 6.45) is 0.452. The molecule has 1 N–H and O–H groups in total. The first-order chi connectivity index (χ1) is 7.78. The van der Waals surface area contributed by atoms with Gasteiger partial charge in [0.05, 0.1) is 5.97 Å². The number of aromatic carboxylic acids is 1. The molecule has 0 aliphatic rings. The minimum Gasteiger partial charge on any atom is -0.545 e. The molecule has 1 rings (SSSR count). The van der Waals surface area contributed by atoms with Crippen molar-refractivity contribution in [3.63, 3.8) is 0 Å². The molecule has 1 aromatic heterocycles. The van der Waals surface area contributed by atoms with Crippen molar-refractivity contribution >= 4 is 17.9 Å². The molecule has 0 aromatic carbocycles. The summed E-state index contributed by atoms with van der Waals surface area (Å²) in [6.45, 7) is 5.21. The summed E-state index contributed by atoms with van der Waals surface area (Å²) in [7, 11) is 0. The number of carboxylic acids is 1. The standard InChI is InChI=1S/C11H14N2O4.Li/c1-11(2,3)17-10(16)13-8-5-4-7(6-12-8)9(14)15;/h4-6H,1-3H3,(H,14,15)(H,12,13,16);/q;+1/p-1. The summed E-state index contributed by atoms with van der Waals surface area (Å²) in [5, 5.41) is 12.8. The van der Waals surface area contributed by atoms with E-state index in [2.05, 4.69) is 10.3 Å². The van der Waals surface area contributed by atoms with E-state index in [1.54, 1.807) is 20.8 Å². The second-order valence-electron chi connectivity index (χ2n) is 4.35. The molecule has 1 aromatic rings. The van der Waals surface area contributed by atoms with Crippen molar-refractivity contribution in [3.05, 3.63) is 23.9 Å². The molecule has 0 fully saturated rings. The van der Waals surface area contributed by atoms with Gasteiger partial charge in [0.25, 0.3) is 0 Å². The summed E-state index contributed by atoms with van der Waals surface area (Å²) in [5.74, 6) is -1.11. The van der Waals surface area contributed by atoms with Crippen LogP contribution in [0, 0.1) is 0 Å². The molecule has 7 heteroatoms. The first-order valence-electron chi connectivity index (χ1n) is 4.95. The number of carboxylic acid groups (broad SMARTS) is 1. The van der Waals surface area contributed by atoms with E-state index in [0.29, 0.717) is 0 Å². The van der Waals surface area contributed by atoms with E-state index in [-0.39, 0.29) is 30.2 Å². The molecule has 0 aliphatic carbocycles. The predicted molar refractivity (Wildman–Crippen MR) is 58.4 cm³/mol.